The van der Waals surface area contributed by atoms with E-state index in [0.717, 1.165) is 12.1 Å². The molecule has 1 aromatic carbocycles. The molecule has 1 atom stereocenters. The van der Waals surface area contributed by atoms with Gasteiger partial charge in [-0.05, 0) is 24.6 Å². The molecule has 84 valence electrons. The van der Waals surface area contributed by atoms with Crippen LogP contribution in [0.1, 0.15) is 18.5 Å². The van der Waals surface area contributed by atoms with Crippen molar-refractivity contribution in [2.45, 2.75) is 19.3 Å². The molecule has 0 saturated carbocycles. The Hall–Kier alpha value is -1.30. The van der Waals surface area contributed by atoms with Gasteiger partial charge in [-0.15, -0.1) is 13.2 Å². The summed E-state index contributed by atoms with van der Waals surface area (Å²) in [5.41, 5.74) is 5.83. The van der Waals surface area contributed by atoms with Crippen molar-refractivity contribution in [1.82, 2.24) is 0 Å². The minimum atomic E-state index is -4.89. The largest absolute Gasteiger partial charge is 0.573 e. The van der Waals surface area contributed by atoms with Crippen LogP contribution in [-0.2, 0) is 0 Å². The molecule has 0 radical (unpaired) electrons. The molecule has 0 unspecified atom stereocenters. The fourth-order valence-electron chi connectivity index (χ4n) is 1.01. The second-order valence-electron chi connectivity index (χ2n) is 3.03. The summed E-state index contributed by atoms with van der Waals surface area (Å²) >= 11 is 0. The predicted molar refractivity (Wildman–Crippen MR) is 45.7 cm³/mol. The van der Waals surface area contributed by atoms with E-state index in [1.165, 1.54) is 6.07 Å². The summed E-state index contributed by atoms with van der Waals surface area (Å²) in [5, 5.41) is 0. The Morgan fingerprint density at radius 3 is 2.33 bits per heavy atom. The number of halogens is 4. The normalized spacial score (nSPS) is 13.7. The third kappa shape index (κ3) is 3.39. The summed E-state index contributed by atoms with van der Waals surface area (Å²) in [6.07, 6.45) is -4.89. The zero-order valence-corrected chi connectivity index (χ0v) is 7.81. The van der Waals surface area contributed by atoms with Gasteiger partial charge in [-0.3, -0.25) is 0 Å². The Morgan fingerprint density at radius 2 is 1.93 bits per heavy atom. The Bertz CT molecular complexity index is 348. The molecule has 0 aliphatic rings. The van der Waals surface area contributed by atoms with Crippen LogP contribution in [0.2, 0.25) is 0 Å². The van der Waals surface area contributed by atoms with Crippen LogP contribution >= 0.6 is 0 Å². The average Bonchev–Trinajstić information content (AvgIpc) is 2.05. The topological polar surface area (TPSA) is 35.2 Å². The Kier molecular flexibility index (Phi) is 3.18. The van der Waals surface area contributed by atoms with Crippen LogP contribution in [0.25, 0.3) is 0 Å². The van der Waals surface area contributed by atoms with Crippen molar-refractivity contribution in [2.24, 2.45) is 5.73 Å². The number of benzene rings is 1. The predicted octanol–water partition coefficient (Wildman–Crippen LogP) is 2.74. The van der Waals surface area contributed by atoms with Gasteiger partial charge in [-0.1, -0.05) is 6.07 Å². The third-order valence-corrected chi connectivity index (χ3v) is 1.71. The summed E-state index contributed by atoms with van der Waals surface area (Å²) in [5.74, 6) is -1.94. The number of rotatable bonds is 2. The Morgan fingerprint density at radius 1 is 1.33 bits per heavy atom. The molecule has 0 saturated heterocycles. The van der Waals surface area contributed by atoms with Crippen LogP contribution in [0.15, 0.2) is 18.2 Å². The third-order valence-electron chi connectivity index (χ3n) is 1.71. The lowest BCUT2D eigenvalue weighted by atomic mass is 10.1. The van der Waals surface area contributed by atoms with Crippen LogP contribution in [-0.4, -0.2) is 6.36 Å². The first-order valence-corrected chi connectivity index (χ1v) is 4.10. The van der Waals surface area contributed by atoms with Crippen LogP contribution in [0, 0.1) is 5.82 Å². The molecule has 0 spiro atoms. The Balaban J connectivity index is 2.94. The fourth-order valence-corrected chi connectivity index (χ4v) is 1.01. The van der Waals surface area contributed by atoms with Gasteiger partial charge in [0.1, 0.15) is 0 Å². The van der Waals surface area contributed by atoms with Gasteiger partial charge in [0.25, 0.3) is 0 Å². The smallest absolute Gasteiger partial charge is 0.403 e. The summed E-state index contributed by atoms with van der Waals surface area (Å²) in [6, 6.07) is 2.67. The number of nitrogens with two attached hydrogens (primary N) is 1. The van der Waals surface area contributed by atoms with Gasteiger partial charge in [0, 0.05) is 6.04 Å². The first kappa shape index (κ1) is 11.8. The molecule has 1 rings (SSSR count). The molecule has 6 heteroatoms. The summed E-state index contributed by atoms with van der Waals surface area (Å²) in [7, 11) is 0. The van der Waals surface area contributed by atoms with E-state index in [1.807, 2.05) is 0 Å². The maximum Gasteiger partial charge on any atom is 0.573 e. The van der Waals surface area contributed by atoms with Crippen molar-refractivity contribution >= 4 is 0 Å². The number of hydrogen-bond donors (Lipinski definition) is 1. The molecule has 0 fully saturated rings. The van der Waals surface area contributed by atoms with E-state index in [1.54, 1.807) is 6.92 Å². The molecule has 2 N–H and O–H groups in total. The average molecular weight is 223 g/mol. The Labute approximate surface area is 83.6 Å². The summed E-state index contributed by atoms with van der Waals surface area (Å²) < 4.78 is 51.8. The van der Waals surface area contributed by atoms with Gasteiger partial charge >= 0.3 is 6.36 Å². The van der Waals surface area contributed by atoms with Crippen LogP contribution in [0.3, 0.4) is 0 Å². The number of alkyl halides is 3. The van der Waals surface area contributed by atoms with E-state index < -0.39 is 24.0 Å². The van der Waals surface area contributed by atoms with Gasteiger partial charge in [0.15, 0.2) is 11.6 Å². The molecular formula is C9H9F4NO. The minimum absolute atomic E-state index is 0.405. The van der Waals surface area contributed by atoms with Crippen molar-refractivity contribution in [3.8, 4) is 5.75 Å². The molecule has 0 heterocycles. The zero-order valence-electron chi connectivity index (χ0n) is 7.81. The molecule has 0 bridgehead atoms. The minimum Gasteiger partial charge on any atom is -0.403 e. The maximum atomic E-state index is 13.1. The molecule has 0 aromatic heterocycles. The second-order valence-corrected chi connectivity index (χ2v) is 3.03. The highest BCUT2D eigenvalue weighted by Gasteiger charge is 2.32. The quantitative estimate of drug-likeness (QED) is 0.782. The maximum absolute atomic E-state index is 13.1. The van der Waals surface area contributed by atoms with Crippen molar-refractivity contribution < 1.29 is 22.3 Å². The van der Waals surface area contributed by atoms with E-state index in [4.69, 9.17) is 5.73 Å². The van der Waals surface area contributed by atoms with Gasteiger partial charge in [0.05, 0.1) is 0 Å². The molecule has 0 aliphatic heterocycles. The van der Waals surface area contributed by atoms with Crippen LogP contribution < -0.4 is 10.5 Å². The van der Waals surface area contributed by atoms with Crippen molar-refractivity contribution in [3.05, 3.63) is 29.6 Å². The van der Waals surface area contributed by atoms with Gasteiger partial charge in [-0.25, -0.2) is 4.39 Å². The summed E-state index contributed by atoms with van der Waals surface area (Å²) in [6.45, 7) is 1.60. The number of hydrogen-bond acceptors (Lipinski definition) is 2. The molecule has 1 aromatic rings. The van der Waals surface area contributed by atoms with Crippen LogP contribution in [0.5, 0.6) is 5.75 Å². The highest BCUT2D eigenvalue weighted by molar-refractivity contribution is 5.30. The van der Waals surface area contributed by atoms with Gasteiger partial charge < -0.3 is 10.5 Å². The highest BCUT2D eigenvalue weighted by Crippen LogP contribution is 2.27. The monoisotopic (exact) mass is 223 g/mol. The van der Waals surface area contributed by atoms with E-state index >= 15 is 0 Å². The van der Waals surface area contributed by atoms with Gasteiger partial charge in [0.2, 0.25) is 0 Å². The van der Waals surface area contributed by atoms with Crippen molar-refractivity contribution in [3.63, 3.8) is 0 Å². The van der Waals surface area contributed by atoms with Gasteiger partial charge in [-0.2, -0.15) is 0 Å². The second kappa shape index (κ2) is 4.06. The standard InChI is InChI=1S/C9H9F4NO/c1-5(14)6-2-3-8(7(10)4-6)15-9(11,12)13/h2-5H,14H2,1H3/t5-/m1/s1. The molecule has 15 heavy (non-hydrogen) atoms. The lowest BCUT2D eigenvalue weighted by Crippen LogP contribution is -2.18. The van der Waals surface area contributed by atoms with Crippen LogP contribution in [0.4, 0.5) is 17.6 Å². The fraction of sp³-hybridized carbons (Fsp3) is 0.333. The van der Waals surface area contributed by atoms with Crippen molar-refractivity contribution in [1.29, 1.82) is 0 Å². The SMILES string of the molecule is C[C@@H](N)c1ccc(OC(F)(F)F)c(F)c1. The number of ether oxygens (including phenoxy) is 1. The molecular weight excluding hydrogens is 214 g/mol. The summed E-state index contributed by atoms with van der Waals surface area (Å²) in [4.78, 5) is 0. The van der Waals surface area contributed by atoms with E-state index in [0.29, 0.717) is 5.56 Å². The zero-order chi connectivity index (χ0) is 11.6. The highest BCUT2D eigenvalue weighted by atomic mass is 19.4. The molecule has 0 aliphatic carbocycles. The lowest BCUT2D eigenvalue weighted by molar-refractivity contribution is -0.275. The first-order valence-electron chi connectivity index (χ1n) is 4.10. The molecule has 2 nitrogen and oxygen atoms in total. The van der Waals surface area contributed by atoms with E-state index in [2.05, 4.69) is 4.74 Å². The van der Waals surface area contributed by atoms with Crippen molar-refractivity contribution in [2.75, 3.05) is 0 Å². The molecule has 0 amide bonds. The van der Waals surface area contributed by atoms with E-state index in [9.17, 15) is 17.6 Å². The first-order chi connectivity index (χ1) is 6.79. The lowest BCUT2D eigenvalue weighted by Gasteiger charge is -2.11. The van der Waals surface area contributed by atoms with E-state index in [-0.39, 0.29) is 0 Å².